The molecule has 0 radical (unpaired) electrons. The van der Waals surface area contributed by atoms with Crippen molar-refractivity contribution in [1.82, 2.24) is 14.5 Å². The van der Waals surface area contributed by atoms with Gasteiger partial charge in [0.05, 0.1) is 16.8 Å². The van der Waals surface area contributed by atoms with Crippen LogP contribution >= 0.6 is 11.3 Å². The van der Waals surface area contributed by atoms with E-state index in [2.05, 4.69) is 24.0 Å². The van der Waals surface area contributed by atoms with E-state index in [1.807, 2.05) is 43.4 Å². The van der Waals surface area contributed by atoms with Crippen molar-refractivity contribution in [3.63, 3.8) is 0 Å². The molecule has 0 atom stereocenters. The minimum Gasteiger partial charge on any atom is -0.330 e. The number of carbonyl (C=O) groups excluding carboxylic acids is 1. The first kappa shape index (κ1) is 17.4. The third kappa shape index (κ3) is 3.48. The number of hydrogen-bond acceptors (Lipinski definition) is 4. The Labute approximate surface area is 161 Å². The molecule has 136 valence electrons. The minimum atomic E-state index is -0.152. The van der Waals surface area contributed by atoms with Crippen LogP contribution < -0.4 is 4.90 Å². The van der Waals surface area contributed by atoms with E-state index in [1.54, 1.807) is 33.2 Å². The highest BCUT2D eigenvalue weighted by Crippen LogP contribution is 2.31. The van der Waals surface area contributed by atoms with E-state index in [9.17, 15) is 4.79 Å². The number of aromatic nitrogens is 3. The van der Waals surface area contributed by atoms with Crippen LogP contribution in [0.15, 0.2) is 60.9 Å². The van der Waals surface area contributed by atoms with Gasteiger partial charge < -0.3 is 4.57 Å². The molecular weight excluding hydrogens is 356 g/mol. The van der Waals surface area contributed by atoms with Gasteiger partial charge in [-0.3, -0.25) is 9.69 Å². The molecule has 0 aliphatic rings. The van der Waals surface area contributed by atoms with Gasteiger partial charge in [-0.05, 0) is 29.7 Å². The van der Waals surface area contributed by atoms with Crippen LogP contribution in [0, 0.1) is 0 Å². The Hall–Kier alpha value is -2.99. The number of aryl methyl sites for hydroxylation is 2. The van der Waals surface area contributed by atoms with E-state index >= 15 is 0 Å². The molecule has 2 heterocycles. The SMILES string of the molecule is CCc1ccc2nc(N(Cc3ccccc3)C(=O)c3nccn3C)sc2c1. The Morgan fingerprint density at radius 2 is 1.96 bits per heavy atom. The van der Waals surface area contributed by atoms with Crippen molar-refractivity contribution in [2.24, 2.45) is 7.05 Å². The van der Waals surface area contributed by atoms with Gasteiger partial charge in [0.15, 0.2) is 11.0 Å². The van der Waals surface area contributed by atoms with Crippen molar-refractivity contribution in [2.75, 3.05) is 4.90 Å². The molecule has 27 heavy (non-hydrogen) atoms. The standard InChI is InChI=1S/C21H20N4OS/c1-3-15-9-10-17-18(13-15)27-21(23-17)25(14-16-7-5-4-6-8-16)20(26)19-22-11-12-24(19)2/h4-13H,3,14H2,1-2H3. The largest absolute Gasteiger partial charge is 0.330 e. The van der Waals surface area contributed by atoms with Crippen molar-refractivity contribution in [3.05, 3.63) is 77.9 Å². The molecule has 0 spiro atoms. The molecule has 5 nitrogen and oxygen atoms in total. The normalized spacial score (nSPS) is 11.0. The zero-order valence-corrected chi connectivity index (χ0v) is 16.1. The number of carbonyl (C=O) groups is 1. The Balaban J connectivity index is 1.77. The average molecular weight is 376 g/mol. The maximum absolute atomic E-state index is 13.2. The summed E-state index contributed by atoms with van der Waals surface area (Å²) in [6, 6.07) is 16.2. The Bertz CT molecular complexity index is 1080. The molecule has 2 aromatic carbocycles. The highest BCUT2D eigenvalue weighted by Gasteiger charge is 2.24. The van der Waals surface area contributed by atoms with Gasteiger partial charge in [0.25, 0.3) is 5.91 Å². The van der Waals surface area contributed by atoms with Gasteiger partial charge in [-0.25, -0.2) is 9.97 Å². The van der Waals surface area contributed by atoms with Gasteiger partial charge in [-0.2, -0.15) is 0 Å². The summed E-state index contributed by atoms with van der Waals surface area (Å²) in [7, 11) is 1.83. The molecule has 0 fully saturated rings. The van der Waals surface area contributed by atoms with E-state index in [4.69, 9.17) is 4.98 Å². The van der Waals surface area contributed by atoms with Crippen molar-refractivity contribution in [2.45, 2.75) is 19.9 Å². The fraction of sp³-hybridized carbons (Fsp3) is 0.190. The number of amides is 1. The Morgan fingerprint density at radius 3 is 2.67 bits per heavy atom. The summed E-state index contributed by atoms with van der Waals surface area (Å²) in [5, 5.41) is 0.690. The number of hydrogen-bond donors (Lipinski definition) is 0. The molecular formula is C21H20N4OS. The predicted molar refractivity (Wildman–Crippen MR) is 109 cm³/mol. The average Bonchev–Trinajstić information content (AvgIpc) is 3.31. The number of anilines is 1. The van der Waals surface area contributed by atoms with Gasteiger partial charge in [-0.1, -0.05) is 54.7 Å². The van der Waals surface area contributed by atoms with Crippen LogP contribution in [-0.2, 0) is 20.0 Å². The summed E-state index contributed by atoms with van der Waals surface area (Å²) in [4.78, 5) is 23.9. The van der Waals surface area contributed by atoms with Crippen LogP contribution in [0.2, 0.25) is 0 Å². The highest BCUT2D eigenvalue weighted by atomic mass is 32.1. The second-order valence-electron chi connectivity index (χ2n) is 6.39. The maximum Gasteiger partial charge on any atom is 0.296 e. The third-order valence-corrected chi connectivity index (χ3v) is 5.56. The number of benzene rings is 2. The molecule has 0 bridgehead atoms. The summed E-state index contributed by atoms with van der Waals surface area (Å²) in [5.74, 6) is 0.251. The molecule has 6 heteroatoms. The molecule has 4 rings (SSSR count). The van der Waals surface area contributed by atoms with E-state index in [-0.39, 0.29) is 5.91 Å². The van der Waals surface area contributed by atoms with Crippen molar-refractivity contribution in [1.29, 1.82) is 0 Å². The third-order valence-electron chi connectivity index (χ3n) is 4.52. The topological polar surface area (TPSA) is 51.0 Å². The van der Waals surface area contributed by atoms with Crippen LogP contribution in [0.1, 0.15) is 28.7 Å². The van der Waals surface area contributed by atoms with E-state index in [0.717, 1.165) is 22.2 Å². The Kier molecular flexibility index (Phi) is 4.73. The molecule has 2 aromatic heterocycles. The van der Waals surface area contributed by atoms with Crippen molar-refractivity contribution < 1.29 is 4.79 Å². The first-order chi connectivity index (χ1) is 13.2. The number of imidazole rings is 1. The second kappa shape index (κ2) is 7.32. The lowest BCUT2D eigenvalue weighted by atomic mass is 10.2. The van der Waals surface area contributed by atoms with Crippen LogP contribution in [0.3, 0.4) is 0 Å². The first-order valence-corrected chi connectivity index (χ1v) is 9.70. The lowest BCUT2D eigenvalue weighted by Crippen LogP contribution is -2.32. The summed E-state index contributed by atoms with van der Waals surface area (Å²) < 4.78 is 2.83. The summed E-state index contributed by atoms with van der Waals surface area (Å²) in [6.45, 7) is 2.59. The number of nitrogens with zero attached hydrogens (tertiary/aromatic N) is 4. The monoisotopic (exact) mass is 376 g/mol. The predicted octanol–water partition coefficient (Wildman–Crippen LogP) is 4.44. The molecule has 0 N–H and O–H groups in total. The van der Waals surface area contributed by atoms with Gasteiger partial charge in [0.1, 0.15) is 0 Å². The van der Waals surface area contributed by atoms with E-state index < -0.39 is 0 Å². The first-order valence-electron chi connectivity index (χ1n) is 8.88. The minimum absolute atomic E-state index is 0.152. The molecule has 1 amide bonds. The summed E-state index contributed by atoms with van der Waals surface area (Å²) >= 11 is 1.54. The van der Waals surface area contributed by atoms with Crippen LogP contribution in [0.25, 0.3) is 10.2 Å². The summed E-state index contributed by atoms with van der Waals surface area (Å²) in [6.07, 6.45) is 4.39. The molecule has 0 unspecified atom stereocenters. The van der Waals surface area contributed by atoms with Gasteiger partial charge in [0, 0.05) is 19.4 Å². The second-order valence-corrected chi connectivity index (χ2v) is 7.40. The quantitative estimate of drug-likeness (QED) is 0.517. The van der Waals surface area contributed by atoms with Crippen molar-refractivity contribution in [3.8, 4) is 0 Å². The number of thiazole rings is 1. The van der Waals surface area contributed by atoms with Gasteiger partial charge in [-0.15, -0.1) is 0 Å². The van der Waals surface area contributed by atoms with E-state index in [0.29, 0.717) is 17.5 Å². The van der Waals surface area contributed by atoms with Gasteiger partial charge in [0.2, 0.25) is 0 Å². The number of rotatable bonds is 5. The zero-order chi connectivity index (χ0) is 18.8. The number of fused-ring (bicyclic) bond motifs is 1. The highest BCUT2D eigenvalue weighted by molar-refractivity contribution is 7.22. The lowest BCUT2D eigenvalue weighted by molar-refractivity contribution is 0.0972. The van der Waals surface area contributed by atoms with Gasteiger partial charge >= 0.3 is 0 Å². The molecule has 0 saturated carbocycles. The van der Waals surface area contributed by atoms with Crippen LogP contribution in [0.4, 0.5) is 5.13 Å². The smallest absolute Gasteiger partial charge is 0.296 e. The molecule has 0 aliphatic carbocycles. The van der Waals surface area contributed by atoms with Crippen molar-refractivity contribution >= 4 is 32.6 Å². The zero-order valence-electron chi connectivity index (χ0n) is 15.3. The van der Waals surface area contributed by atoms with Crippen LogP contribution in [-0.4, -0.2) is 20.4 Å². The molecule has 0 aliphatic heterocycles. The molecule has 0 saturated heterocycles. The van der Waals surface area contributed by atoms with Crippen LogP contribution in [0.5, 0.6) is 0 Å². The fourth-order valence-corrected chi connectivity index (χ4v) is 4.00. The van der Waals surface area contributed by atoms with E-state index in [1.165, 1.54) is 5.56 Å². The fourth-order valence-electron chi connectivity index (χ4n) is 2.98. The Morgan fingerprint density at radius 1 is 1.15 bits per heavy atom. The lowest BCUT2D eigenvalue weighted by Gasteiger charge is -2.19. The maximum atomic E-state index is 13.2. The summed E-state index contributed by atoms with van der Waals surface area (Å²) in [5.41, 5.74) is 3.23. The molecule has 4 aromatic rings.